The topological polar surface area (TPSA) is 119 Å². The van der Waals surface area contributed by atoms with E-state index in [-0.39, 0.29) is 17.8 Å². The highest BCUT2D eigenvalue weighted by atomic mass is 32.1. The highest BCUT2D eigenvalue weighted by Crippen LogP contribution is 2.30. The summed E-state index contributed by atoms with van der Waals surface area (Å²) >= 11 is 1.37. The number of hydrazone groups is 1. The minimum Gasteiger partial charge on any atom is -0.289 e. The van der Waals surface area contributed by atoms with Crippen molar-refractivity contribution >= 4 is 39.4 Å². The number of hydrogen-bond acceptors (Lipinski definition) is 7. The molecule has 0 bridgehead atoms. The summed E-state index contributed by atoms with van der Waals surface area (Å²) in [5.41, 5.74) is 4.06. The molecule has 0 saturated heterocycles. The summed E-state index contributed by atoms with van der Waals surface area (Å²) in [5, 5.41) is 17.0. The molecule has 0 fully saturated rings. The Hall–Kier alpha value is -4.18. The van der Waals surface area contributed by atoms with Gasteiger partial charge in [-0.3, -0.25) is 24.3 Å². The summed E-state index contributed by atoms with van der Waals surface area (Å²) in [6.07, 6.45) is 2.63. The fourth-order valence-electron chi connectivity index (χ4n) is 3.00. The van der Waals surface area contributed by atoms with Crippen LogP contribution in [0, 0.1) is 10.1 Å². The number of nitro benzene ring substituents is 1. The molecule has 1 N–H and O–H groups in total. The lowest BCUT2D eigenvalue weighted by atomic mass is 10.1. The molecule has 31 heavy (non-hydrogen) atoms. The van der Waals surface area contributed by atoms with E-state index in [1.807, 2.05) is 35.7 Å². The van der Waals surface area contributed by atoms with Crippen molar-refractivity contribution in [2.24, 2.45) is 5.10 Å². The Kier molecular flexibility index (Phi) is 5.63. The largest absolute Gasteiger partial charge is 0.289 e. The average molecular weight is 433 g/mol. The van der Waals surface area contributed by atoms with E-state index in [9.17, 15) is 19.7 Å². The Bertz CT molecular complexity index is 1360. The third-order valence-electron chi connectivity index (χ3n) is 4.44. The lowest BCUT2D eigenvalue weighted by Crippen LogP contribution is -2.30. The van der Waals surface area contributed by atoms with Gasteiger partial charge in [-0.25, -0.2) is 10.4 Å². The van der Waals surface area contributed by atoms with E-state index in [0.717, 1.165) is 11.1 Å². The van der Waals surface area contributed by atoms with Gasteiger partial charge >= 0.3 is 0 Å². The second-order valence-electron chi connectivity index (χ2n) is 6.52. The average Bonchev–Trinajstić information content (AvgIpc) is 3.21. The number of benzene rings is 2. The van der Waals surface area contributed by atoms with Crippen molar-refractivity contribution in [3.05, 3.63) is 92.3 Å². The van der Waals surface area contributed by atoms with E-state index in [2.05, 4.69) is 15.5 Å². The molecular weight excluding hydrogens is 418 g/mol. The summed E-state index contributed by atoms with van der Waals surface area (Å²) in [6, 6.07) is 15.3. The van der Waals surface area contributed by atoms with E-state index < -0.39 is 10.8 Å². The van der Waals surface area contributed by atoms with Crippen LogP contribution in [0.15, 0.2) is 76.2 Å². The summed E-state index contributed by atoms with van der Waals surface area (Å²) in [4.78, 5) is 40.4. The predicted molar refractivity (Wildman–Crippen MR) is 118 cm³/mol. The van der Waals surface area contributed by atoms with E-state index in [0.29, 0.717) is 15.8 Å². The number of carbonyl (C=O) groups excluding carboxylic acids is 1. The summed E-state index contributed by atoms with van der Waals surface area (Å²) in [6.45, 7) is -0.266. The molecule has 0 unspecified atom stereocenters. The van der Waals surface area contributed by atoms with Gasteiger partial charge in [-0.1, -0.05) is 42.5 Å². The van der Waals surface area contributed by atoms with Crippen LogP contribution >= 0.6 is 11.3 Å². The monoisotopic (exact) mass is 433 g/mol. The van der Waals surface area contributed by atoms with Crippen molar-refractivity contribution in [1.29, 1.82) is 0 Å². The SMILES string of the molecule is O=C(Cn1cnc2scc(-c3ccccc3)c2c1=O)N/N=C/c1cccc([N+](=O)[O-])c1. The van der Waals surface area contributed by atoms with Gasteiger partial charge in [0.1, 0.15) is 11.4 Å². The number of nitro groups is 1. The maximum atomic E-state index is 13.0. The van der Waals surface area contributed by atoms with Gasteiger partial charge in [0.25, 0.3) is 17.2 Å². The van der Waals surface area contributed by atoms with Crippen molar-refractivity contribution in [1.82, 2.24) is 15.0 Å². The normalized spacial score (nSPS) is 11.1. The lowest BCUT2D eigenvalue weighted by molar-refractivity contribution is -0.384. The molecule has 0 aliphatic heterocycles. The van der Waals surface area contributed by atoms with Crippen LogP contribution in [0.3, 0.4) is 0 Å². The van der Waals surface area contributed by atoms with Gasteiger partial charge in [-0.05, 0) is 5.56 Å². The molecule has 1 amide bonds. The van der Waals surface area contributed by atoms with Crippen LogP contribution in [0.4, 0.5) is 5.69 Å². The van der Waals surface area contributed by atoms with Gasteiger partial charge in [0, 0.05) is 28.6 Å². The number of hydrogen-bond donors (Lipinski definition) is 1. The minimum atomic E-state index is -0.526. The van der Waals surface area contributed by atoms with E-state index in [1.165, 1.54) is 46.6 Å². The molecule has 2 heterocycles. The number of rotatable bonds is 6. The van der Waals surface area contributed by atoms with Crippen molar-refractivity contribution < 1.29 is 9.72 Å². The van der Waals surface area contributed by atoms with E-state index >= 15 is 0 Å². The van der Waals surface area contributed by atoms with Crippen LogP contribution in [0.2, 0.25) is 0 Å². The van der Waals surface area contributed by atoms with Crippen LogP contribution < -0.4 is 11.0 Å². The van der Waals surface area contributed by atoms with Crippen LogP contribution in [0.25, 0.3) is 21.3 Å². The van der Waals surface area contributed by atoms with Crippen molar-refractivity contribution in [2.75, 3.05) is 0 Å². The van der Waals surface area contributed by atoms with Crippen LogP contribution in [-0.4, -0.2) is 26.6 Å². The first-order valence-electron chi connectivity index (χ1n) is 9.11. The molecule has 0 aliphatic rings. The second kappa shape index (κ2) is 8.67. The Balaban J connectivity index is 1.51. The third kappa shape index (κ3) is 4.38. The maximum absolute atomic E-state index is 13.0. The minimum absolute atomic E-state index is 0.0776. The first kappa shape index (κ1) is 20.1. The first-order chi connectivity index (χ1) is 15.0. The van der Waals surface area contributed by atoms with Crippen molar-refractivity contribution in [3.8, 4) is 11.1 Å². The highest BCUT2D eigenvalue weighted by molar-refractivity contribution is 7.17. The Morgan fingerprint density at radius 2 is 2.03 bits per heavy atom. The number of non-ortho nitro benzene ring substituents is 1. The molecule has 2 aromatic carbocycles. The van der Waals surface area contributed by atoms with E-state index in [1.54, 1.807) is 6.07 Å². The fourth-order valence-corrected chi connectivity index (χ4v) is 3.90. The van der Waals surface area contributed by atoms with Crippen LogP contribution in [-0.2, 0) is 11.3 Å². The van der Waals surface area contributed by atoms with Gasteiger partial charge in [-0.15, -0.1) is 11.3 Å². The summed E-state index contributed by atoms with van der Waals surface area (Å²) < 4.78 is 1.22. The number of nitrogens with one attached hydrogen (secondary N) is 1. The van der Waals surface area contributed by atoms with Gasteiger partial charge in [0.05, 0.1) is 22.9 Å². The van der Waals surface area contributed by atoms with Gasteiger partial charge in [0.2, 0.25) is 0 Å². The summed E-state index contributed by atoms with van der Waals surface area (Å²) in [7, 11) is 0. The molecule has 2 aromatic heterocycles. The molecule has 10 heteroatoms. The van der Waals surface area contributed by atoms with Crippen molar-refractivity contribution in [2.45, 2.75) is 6.54 Å². The first-order valence-corrected chi connectivity index (χ1v) is 9.99. The molecule has 0 atom stereocenters. The van der Waals surface area contributed by atoms with Gasteiger partial charge in [0.15, 0.2) is 0 Å². The van der Waals surface area contributed by atoms with Crippen molar-refractivity contribution in [3.63, 3.8) is 0 Å². The lowest BCUT2D eigenvalue weighted by Gasteiger charge is -2.05. The third-order valence-corrected chi connectivity index (χ3v) is 5.33. The standard InChI is InChI=1S/C21H15N5O4S/c27-18(24-23-10-14-5-4-8-16(9-14)26(29)30)11-25-13-22-20-19(21(25)28)17(12-31-20)15-6-2-1-3-7-15/h1-10,12-13H,11H2,(H,24,27)/b23-10+. The number of thiophene rings is 1. The molecule has 0 radical (unpaired) electrons. The molecule has 4 rings (SSSR count). The molecule has 0 aliphatic carbocycles. The van der Waals surface area contributed by atoms with Crippen LogP contribution in [0.1, 0.15) is 5.56 Å². The zero-order valence-corrected chi connectivity index (χ0v) is 16.8. The number of amides is 1. The maximum Gasteiger partial charge on any atom is 0.270 e. The number of aromatic nitrogens is 2. The Morgan fingerprint density at radius 1 is 1.23 bits per heavy atom. The fraction of sp³-hybridized carbons (Fsp3) is 0.0476. The molecule has 9 nitrogen and oxygen atoms in total. The second-order valence-corrected chi connectivity index (χ2v) is 7.38. The molecule has 0 spiro atoms. The molecule has 4 aromatic rings. The highest BCUT2D eigenvalue weighted by Gasteiger charge is 2.14. The quantitative estimate of drug-likeness (QED) is 0.284. The number of carbonyl (C=O) groups is 1. The smallest absolute Gasteiger partial charge is 0.270 e. The Labute approximate surface area is 179 Å². The van der Waals surface area contributed by atoms with Crippen LogP contribution in [0.5, 0.6) is 0 Å². The zero-order chi connectivity index (χ0) is 21.8. The zero-order valence-electron chi connectivity index (χ0n) is 16.0. The number of nitrogens with zero attached hydrogens (tertiary/aromatic N) is 4. The molecule has 0 saturated carbocycles. The predicted octanol–water partition coefficient (Wildman–Crippen LogP) is 3.18. The Morgan fingerprint density at radius 3 is 2.81 bits per heavy atom. The number of fused-ring (bicyclic) bond motifs is 1. The van der Waals surface area contributed by atoms with E-state index in [4.69, 9.17) is 0 Å². The van der Waals surface area contributed by atoms with Gasteiger partial charge in [-0.2, -0.15) is 5.10 Å². The summed E-state index contributed by atoms with van der Waals surface area (Å²) in [5.74, 6) is -0.526. The molecular formula is C21H15N5O4S. The van der Waals surface area contributed by atoms with Gasteiger partial charge < -0.3 is 0 Å². The molecule has 154 valence electrons.